The van der Waals surface area contributed by atoms with E-state index in [1.54, 1.807) is 66.9 Å². The van der Waals surface area contributed by atoms with Gasteiger partial charge in [-0.05, 0) is 104 Å². The van der Waals surface area contributed by atoms with Crippen molar-refractivity contribution in [1.82, 2.24) is 30.8 Å². The number of piperidine rings is 1. The molecule has 5 amide bonds. The molecule has 5 aromatic rings. The average Bonchev–Trinajstić information content (AvgIpc) is 3.61. The standard InChI is InChI=1S/C53H54ClF2N9O8/c54-34-6-14-40-41(27-34)49(47-42(55)2-1-3-43(47)56)58-28-33-29-59-53(64-48(33)40)62-37-7-4-31(5-8-37)50(68)61-36-11-9-35(10-12-36)57-19-21-72-23-25-73-24-22-71-20-18-46(67)60-38-13-15-39-32(26-38)30-65(52(39)70)44-16-17-45(66)63-51(44)69/h1-8,13-15,26-27,29,35-36,44,57H,9-12,16-25,28,30H2,(H,60,67)(H,61,68)(H,59,62,64)(H,63,66,69). The summed E-state index contributed by atoms with van der Waals surface area (Å²) in [6, 6.07) is 20.5. The fourth-order valence-electron chi connectivity index (χ4n) is 9.38. The number of ether oxygens (including phenoxy) is 3. The number of fused-ring (bicyclic) bond motifs is 4. The summed E-state index contributed by atoms with van der Waals surface area (Å²) in [5.74, 6) is -2.64. The van der Waals surface area contributed by atoms with E-state index in [1.807, 2.05) is 0 Å². The first-order chi connectivity index (χ1) is 35.5. The first kappa shape index (κ1) is 50.9. The normalized spacial score (nSPS) is 18.2. The maximum absolute atomic E-state index is 15.0. The molecular weight excluding hydrogens is 964 g/mol. The number of aliphatic imine (C=N–C) groups is 1. The lowest BCUT2D eigenvalue weighted by atomic mass is 9.91. The molecule has 1 atom stereocenters. The number of halogens is 3. The number of aromatic nitrogens is 2. The summed E-state index contributed by atoms with van der Waals surface area (Å²) in [5.41, 5.74) is 5.10. The number of nitrogens with zero attached hydrogens (tertiary/aromatic N) is 4. The van der Waals surface area contributed by atoms with E-state index in [4.69, 9.17) is 30.8 Å². The number of anilines is 3. The van der Waals surface area contributed by atoms with Gasteiger partial charge in [0.15, 0.2) is 0 Å². The van der Waals surface area contributed by atoms with E-state index in [1.165, 1.54) is 23.1 Å². The maximum Gasteiger partial charge on any atom is 0.255 e. The zero-order valence-electron chi connectivity index (χ0n) is 39.8. The summed E-state index contributed by atoms with van der Waals surface area (Å²) in [7, 11) is 0. The van der Waals surface area contributed by atoms with Gasteiger partial charge in [0.1, 0.15) is 17.7 Å². The lowest BCUT2D eigenvalue weighted by Crippen LogP contribution is -2.52. The molecule has 1 aliphatic carbocycles. The molecule has 20 heteroatoms. The minimum Gasteiger partial charge on any atom is -0.379 e. The number of carbonyl (C=O) groups is 5. The number of nitrogens with one attached hydrogen (secondary N) is 5. The fraction of sp³-hybridized carbons (Fsp3) is 0.358. The van der Waals surface area contributed by atoms with Crippen LogP contribution in [-0.2, 0) is 41.7 Å². The zero-order valence-corrected chi connectivity index (χ0v) is 40.6. The molecule has 0 bridgehead atoms. The van der Waals surface area contributed by atoms with Crippen molar-refractivity contribution in [1.29, 1.82) is 0 Å². The molecule has 1 saturated heterocycles. The second-order valence-electron chi connectivity index (χ2n) is 18.1. The zero-order chi connectivity index (χ0) is 50.8. The predicted octanol–water partition coefficient (Wildman–Crippen LogP) is 6.64. The number of imide groups is 1. The SMILES string of the molecule is O=C1CCC(N2Cc3cc(NC(=O)CCOCCOCCOCCNC4CCC(NC(=O)c5ccc(Nc6ncc7c(n6)-c6ccc(Cl)cc6C(c6c(F)cccc6F)=NC7)cc5)CC4)ccc3C2=O)C(=O)N1. The molecule has 4 aliphatic rings. The highest BCUT2D eigenvalue weighted by molar-refractivity contribution is 6.31. The molecule has 0 radical (unpaired) electrons. The van der Waals surface area contributed by atoms with Crippen molar-refractivity contribution >= 4 is 64.2 Å². The van der Waals surface area contributed by atoms with E-state index in [9.17, 15) is 32.8 Å². The van der Waals surface area contributed by atoms with Gasteiger partial charge >= 0.3 is 0 Å². The Bertz CT molecular complexity index is 2900. The van der Waals surface area contributed by atoms with Gasteiger partial charge < -0.3 is 40.4 Å². The fourth-order valence-corrected chi connectivity index (χ4v) is 9.56. The minimum atomic E-state index is -0.732. The molecule has 2 fully saturated rings. The highest BCUT2D eigenvalue weighted by Crippen LogP contribution is 2.35. The number of hydrogen-bond acceptors (Lipinski definition) is 13. The summed E-state index contributed by atoms with van der Waals surface area (Å²) in [6.45, 7) is 3.29. The van der Waals surface area contributed by atoms with Crippen molar-refractivity contribution in [2.45, 2.75) is 76.2 Å². The van der Waals surface area contributed by atoms with Crippen LogP contribution in [0.5, 0.6) is 0 Å². The van der Waals surface area contributed by atoms with Crippen LogP contribution in [0.1, 0.15) is 87.9 Å². The third kappa shape index (κ3) is 12.6. The molecule has 0 spiro atoms. The van der Waals surface area contributed by atoms with Gasteiger partial charge in [0, 0.05) is 82.0 Å². The van der Waals surface area contributed by atoms with Crippen LogP contribution in [0, 0.1) is 11.6 Å². The summed E-state index contributed by atoms with van der Waals surface area (Å²) in [5, 5.41) is 15.4. The average molecular weight is 1020 g/mol. The molecule has 17 nitrogen and oxygen atoms in total. The Morgan fingerprint density at radius 3 is 2.22 bits per heavy atom. The topological polar surface area (TPSA) is 215 Å². The van der Waals surface area contributed by atoms with Crippen LogP contribution in [-0.4, -0.2) is 114 Å². The third-order valence-corrected chi connectivity index (χ3v) is 13.4. The minimum absolute atomic E-state index is 0.0652. The summed E-state index contributed by atoms with van der Waals surface area (Å²) in [6.07, 6.45) is 5.78. The lowest BCUT2D eigenvalue weighted by molar-refractivity contribution is -0.137. The van der Waals surface area contributed by atoms with Crippen molar-refractivity contribution in [3.8, 4) is 11.3 Å². The Morgan fingerprint density at radius 1 is 0.767 bits per heavy atom. The van der Waals surface area contributed by atoms with Gasteiger partial charge in [-0.3, -0.25) is 34.3 Å². The first-order valence-corrected chi connectivity index (χ1v) is 24.7. The number of amides is 5. The molecule has 4 aromatic carbocycles. The number of carbonyl (C=O) groups excluding carboxylic acids is 5. The van der Waals surface area contributed by atoms with E-state index in [-0.39, 0.29) is 79.9 Å². The monoisotopic (exact) mass is 1020 g/mol. The summed E-state index contributed by atoms with van der Waals surface area (Å²) >= 11 is 6.36. The molecule has 3 aliphatic heterocycles. The molecule has 4 heterocycles. The molecule has 1 unspecified atom stereocenters. The Morgan fingerprint density at radius 2 is 1.47 bits per heavy atom. The van der Waals surface area contributed by atoms with Gasteiger partial charge in [0.25, 0.3) is 11.8 Å². The quantitative estimate of drug-likeness (QED) is 0.0410. The van der Waals surface area contributed by atoms with Crippen LogP contribution in [0.4, 0.5) is 26.1 Å². The van der Waals surface area contributed by atoms with Gasteiger partial charge in [-0.25, -0.2) is 18.7 Å². The van der Waals surface area contributed by atoms with E-state index in [2.05, 4.69) is 36.6 Å². The van der Waals surface area contributed by atoms with Crippen molar-refractivity contribution in [3.05, 3.63) is 135 Å². The Kier molecular flexibility index (Phi) is 16.5. The number of hydrogen-bond donors (Lipinski definition) is 5. The van der Waals surface area contributed by atoms with Gasteiger partial charge in [-0.2, -0.15) is 0 Å². The van der Waals surface area contributed by atoms with Crippen LogP contribution in [0.2, 0.25) is 5.02 Å². The van der Waals surface area contributed by atoms with Crippen LogP contribution in [0.3, 0.4) is 0 Å². The molecule has 1 saturated carbocycles. The van der Waals surface area contributed by atoms with Crippen molar-refractivity contribution < 1.29 is 47.0 Å². The third-order valence-electron chi connectivity index (χ3n) is 13.1. The summed E-state index contributed by atoms with van der Waals surface area (Å²) in [4.78, 5) is 77.8. The largest absolute Gasteiger partial charge is 0.379 e. The van der Waals surface area contributed by atoms with E-state index in [0.717, 1.165) is 25.7 Å². The van der Waals surface area contributed by atoms with Crippen molar-refractivity contribution in [2.75, 3.05) is 56.8 Å². The molecule has 1 aromatic heterocycles. The van der Waals surface area contributed by atoms with Gasteiger partial charge in [0.05, 0.1) is 69.6 Å². The van der Waals surface area contributed by atoms with Gasteiger partial charge in [-0.15, -0.1) is 0 Å². The number of rotatable bonds is 20. The molecular formula is C53H54ClF2N9O8. The van der Waals surface area contributed by atoms with Crippen LogP contribution in [0.15, 0.2) is 90.1 Å². The summed E-state index contributed by atoms with van der Waals surface area (Å²) < 4.78 is 46.8. The second-order valence-corrected chi connectivity index (χ2v) is 18.5. The van der Waals surface area contributed by atoms with E-state index in [0.29, 0.717) is 107 Å². The molecule has 73 heavy (non-hydrogen) atoms. The van der Waals surface area contributed by atoms with E-state index < -0.39 is 23.6 Å². The first-order valence-electron chi connectivity index (χ1n) is 24.3. The predicted molar refractivity (Wildman–Crippen MR) is 268 cm³/mol. The smallest absolute Gasteiger partial charge is 0.255 e. The van der Waals surface area contributed by atoms with E-state index >= 15 is 0 Å². The van der Waals surface area contributed by atoms with Crippen LogP contribution >= 0.6 is 11.6 Å². The Labute approximate surface area is 424 Å². The highest BCUT2D eigenvalue weighted by atomic mass is 35.5. The van der Waals surface area contributed by atoms with Crippen LogP contribution < -0.4 is 26.6 Å². The molecule has 380 valence electrons. The molecule has 9 rings (SSSR count). The number of benzene rings is 4. The highest BCUT2D eigenvalue weighted by Gasteiger charge is 2.39. The Balaban J connectivity index is 0.613. The van der Waals surface area contributed by atoms with Gasteiger partial charge in [0.2, 0.25) is 23.7 Å². The van der Waals surface area contributed by atoms with Crippen LogP contribution in [0.25, 0.3) is 11.3 Å². The van der Waals surface area contributed by atoms with Crippen molar-refractivity contribution in [3.63, 3.8) is 0 Å². The van der Waals surface area contributed by atoms with Crippen molar-refractivity contribution in [2.24, 2.45) is 4.99 Å². The van der Waals surface area contributed by atoms with Gasteiger partial charge in [-0.1, -0.05) is 23.7 Å². The second kappa shape index (κ2) is 23.7. The maximum atomic E-state index is 15.0. The lowest BCUT2D eigenvalue weighted by Gasteiger charge is -2.29. The molecule has 5 N–H and O–H groups in total. The Hall–Kier alpha value is -7.03.